The second-order valence-electron chi connectivity index (χ2n) is 6.03. The summed E-state index contributed by atoms with van der Waals surface area (Å²) in [5.74, 6) is -0.530. The number of amides is 1. The van der Waals surface area contributed by atoms with Gasteiger partial charge in [0.25, 0.3) is 5.91 Å². The van der Waals surface area contributed by atoms with Crippen LogP contribution in [0.1, 0.15) is 28.4 Å². The van der Waals surface area contributed by atoms with Gasteiger partial charge in [0.2, 0.25) is 0 Å². The molecule has 1 fully saturated rings. The molecule has 1 aromatic carbocycles. The van der Waals surface area contributed by atoms with Gasteiger partial charge >= 0.3 is 0 Å². The van der Waals surface area contributed by atoms with Gasteiger partial charge in [-0.05, 0) is 36.2 Å². The molecular weight excluding hydrogens is 309 g/mol. The summed E-state index contributed by atoms with van der Waals surface area (Å²) in [7, 11) is 0. The maximum Gasteiger partial charge on any atom is 0.255 e. The number of aliphatic hydroxyl groups excluding tert-OH is 1. The zero-order valence-corrected chi connectivity index (χ0v) is 12.8. The first-order valence-corrected chi connectivity index (χ1v) is 7.79. The van der Waals surface area contributed by atoms with Crippen LogP contribution in [0.15, 0.2) is 55.0 Å². The number of likely N-dealkylation sites (tertiary alicyclic amines) is 1. The van der Waals surface area contributed by atoms with Crippen molar-refractivity contribution in [3.63, 3.8) is 0 Å². The van der Waals surface area contributed by atoms with E-state index in [-0.39, 0.29) is 24.3 Å². The van der Waals surface area contributed by atoms with Crippen molar-refractivity contribution in [3.8, 4) is 0 Å². The number of β-amino-alcohol motifs (C(OH)–C–C–N with tert-alkyl or cyclic N) is 1. The second-order valence-corrected chi connectivity index (χ2v) is 6.03. The first-order chi connectivity index (χ1) is 11.6. The third-order valence-electron chi connectivity index (χ3n) is 4.41. The number of aliphatic hydroxyl groups is 1. The van der Waals surface area contributed by atoms with Crippen molar-refractivity contribution in [1.82, 2.24) is 14.3 Å². The van der Waals surface area contributed by atoms with Crippen molar-refractivity contribution < 1.29 is 14.3 Å². The predicted octanol–water partition coefficient (Wildman–Crippen LogP) is 2.42. The number of pyridine rings is 1. The van der Waals surface area contributed by atoms with Crippen LogP contribution in [0, 0.1) is 5.82 Å². The largest absolute Gasteiger partial charge is 0.391 e. The van der Waals surface area contributed by atoms with Crippen molar-refractivity contribution in [1.29, 1.82) is 0 Å². The summed E-state index contributed by atoms with van der Waals surface area (Å²) >= 11 is 0. The molecule has 4 rings (SSSR count). The molecule has 6 heteroatoms. The van der Waals surface area contributed by atoms with Crippen molar-refractivity contribution in [2.75, 3.05) is 6.54 Å². The molecule has 24 heavy (non-hydrogen) atoms. The molecule has 2 aromatic heterocycles. The lowest BCUT2D eigenvalue weighted by Gasteiger charge is -2.25. The molecule has 0 unspecified atom stereocenters. The van der Waals surface area contributed by atoms with Crippen molar-refractivity contribution >= 4 is 11.6 Å². The topological polar surface area (TPSA) is 57.8 Å². The number of hydrogen-bond donors (Lipinski definition) is 1. The molecule has 1 amide bonds. The summed E-state index contributed by atoms with van der Waals surface area (Å²) in [6, 6.07) is 9.35. The molecule has 3 aromatic rings. The average Bonchev–Trinajstić information content (AvgIpc) is 3.19. The molecular formula is C18H16FN3O2. The molecule has 2 atom stereocenters. The van der Waals surface area contributed by atoms with Crippen LogP contribution in [-0.4, -0.2) is 37.9 Å². The van der Waals surface area contributed by atoms with E-state index in [9.17, 15) is 14.3 Å². The Morgan fingerprint density at radius 1 is 1.29 bits per heavy atom. The standard InChI is InChI=1S/C18H16FN3O2/c19-14-3-1-2-12(8-14)16-9-15(23)11-22(16)18(24)13-4-5-17-20-6-7-21(17)10-13/h1-8,10,15-16,23H,9,11H2/t15-,16+/m1/s1. The number of hydrogen-bond acceptors (Lipinski definition) is 3. The predicted molar refractivity (Wildman–Crippen MR) is 86.0 cm³/mol. The monoisotopic (exact) mass is 325 g/mol. The van der Waals surface area contributed by atoms with E-state index in [1.165, 1.54) is 12.1 Å². The van der Waals surface area contributed by atoms with Crippen LogP contribution in [0.4, 0.5) is 4.39 Å². The molecule has 0 radical (unpaired) electrons. The highest BCUT2D eigenvalue weighted by Gasteiger charge is 2.36. The van der Waals surface area contributed by atoms with Crippen LogP contribution in [0.5, 0.6) is 0 Å². The Morgan fingerprint density at radius 3 is 3.00 bits per heavy atom. The Bertz CT molecular complexity index is 908. The number of carbonyl (C=O) groups is 1. The highest BCUT2D eigenvalue weighted by Crippen LogP contribution is 2.33. The van der Waals surface area contributed by atoms with E-state index >= 15 is 0 Å². The van der Waals surface area contributed by atoms with Crippen molar-refractivity contribution in [2.45, 2.75) is 18.6 Å². The number of carbonyl (C=O) groups excluding carboxylic acids is 1. The second kappa shape index (κ2) is 5.72. The first kappa shape index (κ1) is 14.8. The molecule has 0 saturated carbocycles. The Balaban J connectivity index is 1.68. The van der Waals surface area contributed by atoms with Gasteiger partial charge in [-0.15, -0.1) is 0 Å². The van der Waals surface area contributed by atoms with Crippen LogP contribution < -0.4 is 0 Å². The molecule has 1 aliphatic heterocycles. The maximum absolute atomic E-state index is 13.5. The highest BCUT2D eigenvalue weighted by atomic mass is 19.1. The SMILES string of the molecule is O=C(c1ccc2nccn2c1)N1C[C@H](O)C[C@H]1c1cccc(F)c1. The van der Waals surface area contributed by atoms with Gasteiger partial charge in [-0.3, -0.25) is 4.79 Å². The van der Waals surface area contributed by atoms with Crippen LogP contribution in [-0.2, 0) is 0 Å². The summed E-state index contributed by atoms with van der Waals surface area (Å²) in [5.41, 5.74) is 1.97. The fraction of sp³-hybridized carbons (Fsp3) is 0.222. The van der Waals surface area contributed by atoms with E-state index in [1.807, 2.05) is 0 Å². The zero-order chi connectivity index (χ0) is 16.7. The smallest absolute Gasteiger partial charge is 0.255 e. The van der Waals surface area contributed by atoms with Crippen LogP contribution >= 0.6 is 0 Å². The number of fused-ring (bicyclic) bond motifs is 1. The lowest BCUT2D eigenvalue weighted by molar-refractivity contribution is 0.0715. The third kappa shape index (κ3) is 2.55. The van der Waals surface area contributed by atoms with E-state index in [0.29, 0.717) is 17.5 Å². The summed E-state index contributed by atoms with van der Waals surface area (Å²) in [6.07, 6.45) is 4.95. The van der Waals surface area contributed by atoms with Crippen LogP contribution in [0.3, 0.4) is 0 Å². The number of benzene rings is 1. The average molecular weight is 325 g/mol. The molecule has 5 nitrogen and oxygen atoms in total. The molecule has 122 valence electrons. The molecule has 0 aliphatic carbocycles. The maximum atomic E-state index is 13.5. The van der Waals surface area contributed by atoms with E-state index in [0.717, 1.165) is 5.65 Å². The molecule has 1 N–H and O–H groups in total. The minimum absolute atomic E-state index is 0.184. The third-order valence-corrected chi connectivity index (χ3v) is 4.41. The first-order valence-electron chi connectivity index (χ1n) is 7.79. The quantitative estimate of drug-likeness (QED) is 0.787. The summed E-state index contributed by atoms with van der Waals surface area (Å²) in [4.78, 5) is 18.7. The Labute approximate surface area is 138 Å². The summed E-state index contributed by atoms with van der Waals surface area (Å²) in [5, 5.41) is 10.0. The van der Waals surface area contributed by atoms with Gasteiger partial charge in [-0.25, -0.2) is 9.37 Å². The van der Waals surface area contributed by atoms with Crippen molar-refractivity contribution in [2.24, 2.45) is 0 Å². The minimum Gasteiger partial charge on any atom is -0.391 e. The highest BCUT2D eigenvalue weighted by molar-refractivity contribution is 5.94. The molecule has 3 heterocycles. The van der Waals surface area contributed by atoms with E-state index in [2.05, 4.69) is 4.98 Å². The lowest BCUT2D eigenvalue weighted by Crippen LogP contribution is -2.32. The number of nitrogens with zero attached hydrogens (tertiary/aromatic N) is 3. The van der Waals surface area contributed by atoms with Gasteiger partial charge in [0.15, 0.2) is 0 Å². The van der Waals surface area contributed by atoms with Crippen molar-refractivity contribution in [3.05, 3.63) is 71.9 Å². The minimum atomic E-state index is -0.612. The Morgan fingerprint density at radius 2 is 2.17 bits per heavy atom. The zero-order valence-electron chi connectivity index (χ0n) is 12.8. The molecule has 0 spiro atoms. The Kier molecular flexibility index (Phi) is 3.54. The molecule has 1 saturated heterocycles. The number of rotatable bonds is 2. The van der Waals surface area contributed by atoms with Gasteiger partial charge < -0.3 is 14.4 Å². The molecule has 1 aliphatic rings. The van der Waals surface area contributed by atoms with Gasteiger partial charge in [0.1, 0.15) is 11.5 Å². The molecule has 0 bridgehead atoms. The van der Waals surface area contributed by atoms with Crippen LogP contribution in [0.2, 0.25) is 0 Å². The lowest BCUT2D eigenvalue weighted by atomic mass is 10.0. The van der Waals surface area contributed by atoms with E-state index in [1.54, 1.807) is 52.2 Å². The number of imidazole rings is 1. The van der Waals surface area contributed by atoms with Gasteiger partial charge in [-0.2, -0.15) is 0 Å². The normalized spacial score (nSPS) is 20.7. The van der Waals surface area contributed by atoms with Gasteiger partial charge in [0.05, 0.1) is 17.7 Å². The van der Waals surface area contributed by atoms with Gasteiger partial charge in [-0.1, -0.05) is 12.1 Å². The Hall–Kier alpha value is -2.73. The van der Waals surface area contributed by atoms with E-state index < -0.39 is 6.10 Å². The fourth-order valence-electron chi connectivity index (χ4n) is 3.28. The summed E-state index contributed by atoms with van der Waals surface area (Å²) < 4.78 is 15.3. The summed E-state index contributed by atoms with van der Waals surface area (Å²) in [6.45, 7) is 0.238. The number of halogens is 1. The van der Waals surface area contributed by atoms with E-state index in [4.69, 9.17) is 0 Å². The van der Waals surface area contributed by atoms with Gasteiger partial charge in [0, 0.05) is 25.1 Å². The number of aromatic nitrogens is 2. The van der Waals surface area contributed by atoms with Crippen LogP contribution in [0.25, 0.3) is 5.65 Å². The fourth-order valence-corrected chi connectivity index (χ4v) is 3.28.